The van der Waals surface area contributed by atoms with E-state index >= 15 is 0 Å². The Morgan fingerprint density at radius 2 is 1.42 bits per heavy atom. The van der Waals surface area contributed by atoms with E-state index in [-0.39, 0.29) is 6.42 Å². The van der Waals surface area contributed by atoms with Crippen molar-refractivity contribution in [2.24, 2.45) is 11.7 Å². The molecule has 18 nitrogen and oxygen atoms in total. The van der Waals surface area contributed by atoms with E-state index in [4.69, 9.17) is 10.8 Å². The number of unbranched alkanes of at least 4 members (excludes halogenated alkanes) is 1. The molecule has 55 heavy (non-hydrogen) atoms. The number of aliphatic hydroxyl groups excluding tert-OH is 6. The second-order valence-corrected chi connectivity index (χ2v) is 13.7. The topological polar surface area (TPSA) is 298 Å². The zero-order valence-corrected chi connectivity index (χ0v) is 31.4. The van der Waals surface area contributed by atoms with Crippen LogP contribution in [-0.4, -0.2) is 133 Å². The molecule has 3 aromatic rings. The molecule has 8 atom stereocenters. The molecule has 5 amide bonds. The van der Waals surface area contributed by atoms with E-state index < -0.39 is 97.3 Å². The van der Waals surface area contributed by atoms with Crippen LogP contribution >= 0.6 is 0 Å². The number of hydrogen-bond acceptors (Lipinski definition) is 12. The fraction of sp³-hybridized carbons (Fsp3) is 0.541. The highest BCUT2D eigenvalue weighted by atomic mass is 16.4. The van der Waals surface area contributed by atoms with Gasteiger partial charge < -0.3 is 67.5 Å². The molecule has 2 aromatic carbocycles. The summed E-state index contributed by atoms with van der Waals surface area (Å²) in [6.45, 7) is 5.83. The normalized spacial score (nSPS) is 16.0. The molecule has 0 bridgehead atoms. The summed E-state index contributed by atoms with van der Waals surface area (Å²) in [7, 11) is 0. The lowest BCUT2D eigenvalue weighted by Gasteiger charge is -2.29. The number of carbonyl (C=O) groups is 5. The van der Waals surface area contributed by atoms with Gasteiger partial charge in [-0.3, -0.25) is 24.0 Å². The van der Waals surface area contributed by atoms with Crippen LogP contribution in [0.2, 0.25) is 0 Å². The minimum atomic E-state index is -2.32. The molecule has 1 heterocycles. The summed E-state index contributed by atoms with van der Waals surface area (Å²) < 4.78 is 2.18. The number of benzene rings is 2. The van der Waals surface area contributed by atoms with Gasteiger partial charge in [0, 0.05) is 34.0 Å². The van der Waals surface area contributed by atoms with Crippen molar-refractivity contribution in [3.8, 4) is 0 Å². The Bertz CT molecular complexity index is 1780. The van der Waals surface area contributed by atoms with E-state index in [2.05, 4.69) is 38.1 Å². The first-order valence-corrected chi connectivity index (χ1v) is 18.3. The van der Waals surface area contributed by atoms with Crippen molar-refractivity contribution < 1.29 is 54.6 Å². The highest BCUT2D eigenvalue weighted by molar-refractivity contribution is 6.10. The average Bonchev–Trinajstić information content (AvgIpc) is 3.48. The van der Waals surface area contributed by atoms with Crippen molar-refractivity contribution in [1.29, 1.82) is 0 Å². The number of hydrogen-bond donors (Lipinski definition) is 12. The van der Waals surface area contributed by atoms with Gasteiger partial charge in [0.2, 0.25) is 23.6 Å². The molecule has 0 saturated heterocycles. The number of nitrogens with zero attached hydrogens (tertiary/aromatic N) is 1. The van der Waals surface area contributed by atoms with Gasteiger partial charge in [0.15, 0.2) is 6.10 Å². The molecular formula is C37H55N7O11. The van der Waals surface area contributed by atoms with Gasteiger partial charge in [-0.25, -0.2) is 0 Å². The number of para-hydroxylation sites is 1. The van der Waals surface area contributed by atoms with Crippen LogP contribution in [-0.2, 0) is 30.5 Å². The number of amides is 5. The van der Waals surface area contributed by atoms with Gasteiger partial charge in [-0.15, -0.1) is 0 Å². The number of fused-ring (bicyclic) bond motifs is 3. The molecule has 18 heteroatoms. The fourth-order valence-electron chi connectivity index (χ4n) is 6.09. The highest BCUT2D eigenvalue weighted by Gasteiger charge is 2.37. The van der Waals surface area contributed by atoms with Crippen molar-refractivity contribution in [3.63, 3.8) is 0 Å². The number of aliphatic hydroxyl groups is 6. The molecule has 1 aromatic heterocycles. The Labute approximate surface area is 318 Å². The van der Waals surface area contributed by atoms with Gasteiger partial charge >= 0.3 is 0 Å². The minimum Gasteiger partial charge on any atom is -0.394 e. The molecule has 13 N–H and O–H groups in total. The number of rotatable bonds is 21. The molecule has 3 rings (SSSR count). The molecule has 0 aliphatic heterocycles. The van der Waals surface area contributed by atoms with Gasteiger partial charge in [0.1, 0.15) is 36.4 Å². The number of aryl methyl sites for hydroxylation is 1. The molecule has 4 unspecified atom stereocenters. The van der Waals surface area contributed by atoms with E-state index in [1.807, 2.05) is 36.4 Å². The zero-order chi connectivity index (χ0) is 41.0. The van der Waals surface area contributed by atoms with Crippen LogP contribution in [0.1, 0.15) is 47.0 Å². The van der Waals surface area contributed by atoms with Gasteiger partial charge in [0.05, 0.1) is 19.3 Å². The number of carbonyl (C=O) groups excluding carboxylic acids is 5. The summed E-state index contributed by atoms with van der Waals surface area (Å²) in [5.74, 6) is -5.12. The molecule has 0 saturated carbocycles. The van der Waals surface area contributed by atoms with Crippen LogP contribution in [0.4, 0.5) is 5.69 Å². The first-order chi connectivity index (χ1) is 26.1. The first kappa shape index (κ1) is 44.7. The fourth-order valence-corrected chi connectivity index (χ4v) is 6.09. The molecule has 304 valence electrons. The van der Waals surface area contributed by atoms with Crippen LogP contribution in [0.5, 0.6) is 0 Å². The zero-order valence-electron chi connectivity index (χ0n) is 31.4. The van der Waals surface area contributed by atoms with Gasteiger partial charge in [-0.1, -0.05) is 32.0 Å². The van der Waals surface area contributed by atoms with Crippen LogP contribution in [0.15, 0.2) is 42.5 Å². The van der Waals surface area contributed by atoms with Gasteiger partial charge in [-0.05, 0) is 69.8 Å². The van der Waals surface area contributed by atoms with E-state index in [9.17, 15) is 49.5 Å². The van der Waals surface area contributed by atoms with Crippen LogP contribution in [0.3, 0.4) is 0 Å². The molecule has 0 fully saturated rings. The Morgan fingerprint density at radius 3 is 2.04 bits per heavy atom. The Morgan fingerprint density at radius 1 is 0.764 bits per heavy atom. The monoisotopic (exact) mass is 773 g/mol. The van der Waals surface area contributed by atoms with Gasteiger partial charge in [0.25, 0.3) is 5.91 Å². The Hall–Kier alpha value is -4.69. The van der Waals surface area contributed by atoms with E-state index in [1.165, 1.54) is 20.8 Å². The Balaban J connectivity index is 1.65. The average molecular weight is 774 g/mol. The van der Waals surface area contributed by atoms with E-state index in [0.717, 1.165) is 28.4 Å². The lowest BCUT2D eigenvalue weighted by molar-refractivity contribution is -0.151. The van der Waals surface area contributed by atoms with E-state index in [0.29, 0.717) is 25.1 Å². The van der Waals surface area contributed by atoms with Crippen LogP contribution in [0.25, 0.3) is 21.8 Å². The summed E-state index contributed by atoms with van der Waals surface area (Å²) in [6, 6.07) is 9.49. The predicted molar refractivity (Wildman–Crippen MR) is 203 cm³/mol. The maximum Gasteiger partial charge on any atom is 0.252 e. The largest absolute Gasteiger partial charge is 0.394 e. The third kappa shape index (κ3) is 11.7. The lowest BCUT2D eigenvalue weighted by atomic mass is 9.99. The SMILES string of the molecule is CCn1c2ccccc2c2cc(NC(=O)[C@H](CCCCN)NC(=O)CNC(=O)[C@@H](NC(=O)[C@@H](NC(=O)C(O)C(O)C(O)C(O)CO)C(C)C)[C@@H](C)O)ccc21. The van der Waals surface area contributed by atoms with Crippen molar-refractivity contribution >= 4 is 57.0 Å². The molecule has 0 radical (unpaired) electrons. The third-order valence-electron chi connectivity index (χ3n) is 9.21. The number of aromatic nitrogens is 1. The molecule has 0 aliphatic carbocycles. The maximum absolute atomic E-state index is 13.5. The minimum absolute atomic E-state index is 0.251. The molecule has 0 aliphatic rings. The molecule has 0 spiro atoms. The van der Waals surface area contributed by atoms with E-state index in [1.54, 1.807) is 6.07 Å². The number of nitrogens with one attached hydrogen (secondary N) is 5. The van der Waals surface area contributed by atoms with Crippen molar-refractivity contribution in [1.82, 2.24) is 25.8 Å². The lowest BCUT2D eigenvalue weighted by Crippen LogP contribution is -2.61. The van der Waals surface area contributed by atoms with Crippen LogP contribution in [0, 0.1) is 5.92 Å². The summed E-state index contributed by atoms with van der Waals surface area (Å²) >= 11 is 0. The summed E-state index contributed by atoms with van der Waals surface area (Å²) in [6.07, 6.45) is -8.62. The number of nitrogens with two attached hydrogens (primary N) is 1. The van der Waals surface area contributed by atoms with Gasteiger partial charge in [-0.2, -0.15) is 0 Å². The summed E-state index contributed by atoms with van der Waals surface area (Å²) in [5, 5.41) is 73.2. The Kier molecular flexibility index (Phi) is 16.9. The number of anilines is 1. The summed E-state index contributed by atoms with van der Waals surface area (Å²) in [4.78, 5) is 65.4. The van der Waals surface area contributed by atoms with Crippen molar-refractivity contribution in [2.45, 2.75) is 102 Å². The standard InChI is InChI=1S/C37H55N7O11/c1-5-44-25-12-7-6-10-22(25)23-16-21(13-14-26(23)44)40-34(52)24(11-8-9-15-38)41-28(48)17-39-35(53)30(20(4)46)43-36(54)29(19(2)3)42-37(55)33(51)32(50)31(49)27(47)18-45/h6-7,10,12-14,16,19-20,24,27,29-33,45-47,49-51H,5,8-9,11,15,17-18,38H2,1-4H3,(H,39,53)(H,40,52)(H,41,48)(H,42,55)(H,43,54)/t20-,24+,27?,29+,30+,31?,32?,33?/m1/s1. The maximum atomic E-state index is 13.5. The predicted octanol–water partition coefficient (Wildman–Crippen LogP) is -2.07. The second kappa shape index (κ2) is 20.8. The third-order valence-corrected chi connectivity index (χ3v) is 9.21. The highest BCUT2D eigenvalue weighted by Crippen LogP contribution is 2.31. The first-order valence-electron chi connectivity index (χ1n) is 18.3. The smallest absolute Gasteiger partial charge is 0.252 e. The summed E-state index contributed by atoms with van der Waals surface area (Å²) in [5.41, 5.74) is 8.25. The quantitative estimate of drug-likeness (QED) is 0.0520. The van der Waals surface area contributed by atoms with Crippen molar-refractivity contribution in [2.75, 3.05) is 25.0 Å². The van der Waals surface area contributed by atoms with Crippen LogP contribution < -0.4 is 32.3 Å². The molecular weight excluding hydrogens is 718 g/mol. The second-order valence-electron chi connectivity index (χ2n) is 13.7. The van der Waals surface area contributed by atoms with Crippen molar-refractivity contribution in [3.05, 3.63) is 42.5 Å².